The van der Waals surface area contributed by atoms with Crippen molar-refractivity contribution in [1.29, 1.82) is 0 Å². The maximum atomic E-state index is 11.8. The lowest BCUT2D eigenvalue weighted by molar-refractivity contribution is -0.117. The number of benzene rings is 1. The number of imidazole rings is 1. The number of carbonyl (C=O) groups excluding carboxylic acids is 2. The van der Waals surface area contributed by atoms with Gasteiger partial charge in [0.2, 0.25) is 0 Å². The summed E-state index contributed by atoms with van der Waals surface area (Å²) in [6, 6.07) is 5.53. The van der Waals surface area contributed by atoms with Crippen LogP contribution in [0.5, 0.6) is 5.75 Å². The van der Waals surface area contributed by atoms with Crippen LogP contribution in [0.15, 0.2) is 36.8 Å². The molecule has 2 amide bonds. The average molecular weight is 372 g/mol. The lowest BCUT2D eigenvalue weighted by Crippen LogP contribution is -2.41. The first kappa shape index (κ1) is 20.0. The van der Waals surface area contributed by atoms with E-state index in [1.54, 1.807) is 25.6 Å². The van der Waals surface area contributed by atoms with Gasteiger partial charge in [0.05, 0.1) is 31.4 Å². The molecule has 0 aliphatic heterocycles. The Morgan fingerprint density at radius 2 is 2.11 bits per heavy atom. The molecule has 0 saturated carbocycles. The van der Waals surface area contributed by atoms with Gasteiger partial charge in [-0.05, 0) is 37.1 Å². The summed E-state index contributed by atoms with van der Waals surface area (Å²) in [5.41, 5.74) is 6.96. The van der Waals surface area contributed by atoms with Crippen molar-refractivity contribution in [3.8, 4) is 11.4 Å². The number of carbonyl (C=O) groups is 2. The Bertz CT molecular complexity index is 814. The van der Waals surface area contributed by atoms with Crippen molar-refractivity contribution in [3.63, 3.8) is 0 Å². The number of amides is 2. The average Bonchev–Trinajstić information content (AvgIpc) is 3.10. The summed E-state index contributed by atoms with van der Waals surface area (Å²) in [5, 5.41) is 0. The molecule has 8 heteroatoms. The van der Waals surface area contributed by atoms with Gasteiger partial charge in [-0.3, -0.25) is 10.2 Å². The van der Waals surface area contributed by atoms with Crippen LogP contribution >= 0.6 is 0 Å². The van der Waals surface area contributed by atoms with Gasteiger partial charge >= 0.3 is 6.09 Å². The molecular weight excluding hydrogens is 348 g/mol. The highest BCUT2D eigenvalue weighted by atomic mass is 16.6. The molecule has 1 aromatic heterocycles. The predicted octanol–water partition coefficient (Wildman–Crippen LogP) is 2.76. The van der Waals surface area contributed by atoms with Crippen LogP contribution in [0, 0.1) is 6.92 Å². The van der Waals surface area contributed by atoms with Crippen LogP contribution in [-0.2, 0) is 9.53 Å². The van der Waals surface area contributed by atoms with Crippen molar-refractivity contribution < 1.29 is 19.1 Å². The van der Waals surface area contributed by atoms with Gasteiger partial charge in [-0.1, -0.05) is 19.4 Å². The van der Waals surface area contributed by atoms with Gasteiger partial charge in [0.25, 0.3) is 5.91 Å². The fourth-order valence-corrected chi connectivity index (χ4v) is 2.24. The largest absolute Gasteiger partial charge is 0.495 e. The Morgan fingerprint density at radius 3 is 2.78 bits per heavy atom. The molecule has 0 fully saturated rings. The van der Waals surface area contributed by atoms with E-state index in [1.807, 2.05) is 36.7 Å². The van der Waals surface area contributed by atoms with E-state index < -0.39 is 12.0 Å². The van der Waals surface area contributed by atoms with E-state index in [9.17, 15) is 9.59 Å². The molecule has 1 aromatic carbocycles. The highest BCUT2D eigenvalue weighted by Gasteiger charge is 2.07. The van der Waals surface area contributed by atoms with Gasteiger partial charge in [0.15, 0.2) is 0 Å². The topological polar surface area (TPSA) is 94.5 Å². The zero-order valence-electron chi connectivity index (χ0n) is 15.7. The zero-order valence-corrected chi connectivity index (χ0v) is 15.7. The van der Waals surface area contributed by atoms with E-state index in [4.69, 9.17) is 9.47 Å². The summed E-state index contributed by atoms with van der Waals surface area (Å²) in [4.78, 5) is 27.3. The number of ether oxygens (including phenoxy) is 2. The summed E-state index contributed by atoms with van der Waals surface area (Å²) in [7, 11) is 1.58. The summed E-state index contributed by atoms with van der Waals surface area (Å²) in [6.45, 7) is 4.22. The molecule has 0 atom stereocenters. The molecule has 2 aromatic rings. The monoisotopic (exact) mass is 372 g/mol. The first-order valence-corrected chi connectivity index (χ1v) is 8.63. The fraction of sp³-hybridized carbons (Fsp3) is 0.316. The molecule has 8 nitrogen and oxygen atoms in total. The van der Waals surface area contributed by atoms with E-state index >= 15 is 0 Å². The maximum Gasteiger partial charge on any atom is 0.426 e. The summed E-state index contributed by atoms with van der Waals surface area (Å²) < 4.78 is 12.2. The molecule has 144 valence electrons. The van der Waals surface area contributed by atoms with Crippen molar-refractivity contribution in [2.45, 2.75) is 26.7 Å². The minimum Gasteiger partial charge on any atom is -0.495 e. The number of hydrogen-bond acceptors (Lipinski definition) is 5. The highest BCUT2D eigenvalue weighted by molar-refractivity contribution is 5.92. The molecule has 0 aliphatic carbocycles. The third-order valence-corrected chi connectivity index (χ3v) is 3.64. The zero-order chi connectivity index (χ0) is 19.6. The number of nitrogens with zero attached hydrogens (tertiary/aromatic N) is 2. The normalized spacial score (nSPS) is 10.6. The number of aromatic nitrogens is 2. The Hall–Kier alpha value is -3.29. The number of hydrazine groups is 1. The molecule has 0 spiro atoms. The van der Waals surface area contributed by atoms with Gasteiger partial charge < -0.3 is 14.0 Å². The smallest absolute Gasteiger partial charge is 0.426 e. The molecule has 2 rings (SSSR count). The SMILES string of the molecule is CCCCOC(=O)NNC(=O)/C=C/c1ccc(-n2cnc(C)c2)c(OC)c1. The lowest BCUT2D eigenvalue weighted by atomic mass is 10.1. The van der Waals surface area contributed by atoms with Crippen LogP contribution in [0.1, 0.15) is 31.0 Å². The first-order valence-electron chi connectivity index (χ1n) is 8.63. The fourth-order valence-electron chi connectivity index (χ4n) is 2.24. The Labute approximate surface area is 158 Å². The third-order valence-electron chi connectivity index (χ3n) is 3.64. The highest BCUT2D eigenvalue weighted by Crippen LogP contribution is 2.25. The van der Waals surface area contributed by atoms with Crippen LogP contribution in [0.2, 0.25) is 0 Å². The molecule has 0 radical (unpaired) electrons. The molecule has 1 heterocycles. The van der Waals surface area contributed by atoms with Crippen LogP contribution in [0.25, 0.3) is 11.8 Å². The minimum absolute atomic E-state index is 0.316. The van der Waals surface area contributed by atoms with E-state index in [0.29, 0.717) is 12.4 Å². The molecule has 2 N–H and O–H groups in total. The summed E-state index contributed by atoms with van der Waals surface area (Å²) in [5.74, 6) is 0.170. The van der Waals surface area contributed by atoms with E-state index in [-0.39, 0.29) is 0 Å². The van der Waals surface area contributed by atoms with Crippen molar-refractivity contribution in [1.82, 2.24) is 20.4 Å². The Morgan fingerprint density at radius 1 is 1.30 bits per heavy atom. The van der Waals surface area contributed by atoms with Crippen LogP contribution < -0.4 is 15.6 Å². The lowest BCUT2D eigenvalue weighted by Gasteiger charge is -2.10. The first-order chi connectivity index (χ1) is 13.0. The second-order valence-corrected chi connectivity index (χ2v) is 5.79. The molecule has 27 heavy (non-hydrogen) atoms. The van der Waals surface area contributed by atoms with Crippen molar-refractivity contribution in [2.24, 2.45) is 0 Å². The van der Waals surface area contributed by atoms with Gasteiger partial charge in [0, 0.05) is 12.3 Å². The standard InChI is InChI=1S/C19H24N4O4/c1-4-5-10-27-19(25)22-21-18(24)9-7-15-6-8-16(17(11-15)26-3)23-12-14(2)20-13-23/h6-9,11-13H,4-5,10H2,1-3H3,(H,21,24)(H,22,25)/b9-7+. The number of unbranched alkanes of at least 4 members (excludes halogenated alkanes) is 1. The number of nitrogens with one attached hydrogen (secondary N) is 2. The molecule has 0 aliphatic rings. The van der Waals surface area contributed by atoms with Crippen LogP contribution in [-0.4, -0.2) is 35.3 Å². The Balaban J connectivity index is 1.94. The van der Waals surface area contributed by atoms with Gasteiger partial charge in [-0.25, -0.2) is 15.2 Å². The molecule has 0 bridgehead atoms. The van der Waals surface area contributed by atoms with Crippen LogP contribution in [0.3, 0.4) is 0 Å². The van der Waals surface area contributed by atoms with Crippen molar-refractivity contribution in [3.05, 3.63) is 48.1 Å². The van der Waals surface area contributed by atoms with Crippen molar-refractivity contribution in [2.75, 3.05) is 13.7 Å². The number of methoxy groups -OCH3 is 1. The third kappa shape index (κ3) is 6.18. The van der Waals surface area contributed by atoms with Crippen molar-refractivity contribution >= 4 is 18.1 Å². The summed E-state index contributed by atoms with van der Waals surface area (Å²) >= 11 is 0. The van der Waals surface area contributed by atoms with Gasteiger partial charge in [-0.2, -0.15) is 0 Å². The quantitative estimate of drug-likeness (QED) is 0.443. The molecule has 0 unspecified atom stereocenters. The molecule has 0 saturated heterocycles. The maximum absolute atomic E-state index is 11.8. The molecular formula is C19H24N4O4. The number of rotatable bonds is 7. The van der Waals surface area contributed by atoms with E-state index in [0.717, 1.165) is 29.8 Å². The second-order valence-electron chi connectivity index (χ2n) is 5.79. The second kappa shape index (κ2) is 10.0. The Kier molecular flexibility index (Phi) is 7.42. The number of hydrogen-bond donors (Lipinski definition) is 2. The predicted molar refractivity (Wildman–Crippen MR) is 101 cm³/mol. The van der Waals surface area contributed by atoms with Gasteiger partial charge in [-0.15, -0.1) is 0 Å². The van der Waals surface area contributed by atoms with E-state index in [1.165, 1.54) is 6.08 Å². The number of aryl methyl sites for hydroxylation is 1. The summed E-state index contributed by atoms with van der Waals surface area (Å²) in [6.07, 6.45) is 7.54. The van der Waals surface area contributed by atoms with E-state index in [2.05, 4.69) is 15.8 Å². The van der Waals surface area contributed by atoms with Crippen LogP contribution in [0.4, 0.5) is 4.79 Å². The van der Waals surface area contributed by atoms with Gasteiger partial charge in [0.1, 0.15) is 5.75 Å². The minimum atomic E-state index is -0.688.